The topological polar surface area (TPSA) is 43.4 Å². The molecule has 1 unspecified atom stereocenters. The van der Waals surface area contributed by atoms with Crippen LogP contribution in [0.25, 0.3) is 10.2 Å². The molecule has 4 rings (SSSR count). The number of para-hydroxylation sites is 1. The Hall–Kier alpha value is -1.82. The monoisotopic (exact) mass is 362 g/mol. The van der Waals surface area contributed by atoms with Gasteiger partial charge in [0.05, 0.1) is 10.2 Å². The van der Waals surface area contributed by atoms with Gasteiger partial charge in [-0.1, -0.05) is 23.5 Å². The third kappa shape index (κ3) is 3.98. The van der Waals surface area contributed by atoms with Gasteiger partial charge in [0.2, 0.25) is 0 Å². The Kier molecular flexibility index (Phi) is 5.56. The molecule has 0 amide bonds. The SMILES string of the molecule is Cl.c1ccc2sc(Oc3ccc(OCC4CCCN4)cc3)nc2c1. The van der Waals surface area contributed by atoms with Crippen LogP contribution in [0, 0.1) is 0 Å². The molecule has 4 nitrogen and oxygen atoms in total. The number of nitrogens with one attached hydrogen (secondary N) is 1. The summed E-state index contributed by atoms with van der Waals surface area (Å²) < 4.78 is 12.8. The predicted octanol–water partition coefficient (Wildman–Crippen LogP) is 4.64. The van der Waals surface area contributed by atoms with Crippen LogP contribution in [0.15, 0.2) is 48.5 Å². The van der Waals surface area contributed by atoms with Crippen molar-refractivity contribution in [3.8, 4) is 16.7 Å². The molecule has 1 N–H and O–H groups in total. The Morgan fingerprint density at radius 1 is 1.08 bits per heavy atom. The van der Waals surface area contributed by atoms with Crippen LogP contribution in [0.3, 0.4) is 0 Å². The van der Waals surface area contributed by atoms with Crippen LogP contribution in [0.1, 0.15) is 12.8 Å². The lowest BCUT2D eigenvalue weighted by Crippen LogP contribution is -2.28. The first-order valence-electron chi connectivity index (χ1n) is 7.86. The summed E-state index contributed by atoms with van der Waals surface area (Å²) in [6, 6.07) is 16.2. The Morgan fingerprint density at radius 3 is 2.62 bits per heavy atom. The number of nitrogens with zero attached hydrogens (tertiary/aromatic N) is 1. The summed E-state index contributed by atoms with van der Waals surface area (Å²) in [5, 5.41) is 4.09. The van der Waals surface area contributed by atoms with Gasteiger partial charge in [-0.15, -0.1) is 12.4 Å². The fraction of sp³-hybridized carbons (Fsp3) is 0.278. The smallest absolute Gasteiger partial charge is 0.279 e. The first kappa shape index (κ1) is 17.0. The molecule has 2 aromatic carbocycles. The normalized spacial score (nSPS) is 16.8. The zero-order chi connectivity index (χ0) is 15.5. The quantitative estimate of drug-likeness (QED) is 0.718. The molecule has 0 saturated carbocycles. The van der Waals surface area contributed by atoms with Crippen LogP contribution in [-0.2, 0) is 0 Å². The van der Waals surface area contributed by atoms with Crippen LogP contribution < -0.4 is 14.8 Å². The molecule has 1 aromatic heterocycles. The molecular weight excluding hydrogens is 344 g/mol. The molecule has 1 fully saturated rings. The van der Waals surface area contributed by atoms with E-state index in [9.17, 15) is 0 Å². The summed E-state index contributed by atoms with van der Waals surface area (Å²) in [6.07, 6.45) is 2.43. The fourth-order valence-corrected chi connectivity index (χ4v) is 3.53. The molecule has 2 heterocycles. The lowest BCUT2D eigenvalue weighted by Gasteiger charge is -2.12. The van der Waals surface area contributed by atoms with Gasteiger partial charge in [-0.3, -0.25) is 0 Å². The lowest BCUT2D eigenvalue weighted by atomic mass is 10.2. The molecule has 0 radical (unpaired) electrons. The number of halogens is 1. The summed E-state index contributed by atoms with van der Waals surface area (Å²) in [6.45, 7) is 1.82. The molecule has 1 aliphatic heterocycles. The van der Waals surface area contributed by atoms with E-state index in [1.807, 2.05) is 48.5 Å². The average Bonchev–Trinajstić information content (AvgIpc) is 3.23. The summed E-state index contributed by atoms with van der Waals surface area (Å²) in [5.41, 5.74) is 0.969. The molecule has 1 atom stereocenters. The molecule has 126 valence electrons. The minimum atomic E-state index is 0. The van der Waals surface area contributed by atoms with Gasteiger partial charge in [0, 0.05) is 6.04 Å². The van der Waals surface area contributed by atoms with E-state index in [0.29, 0.717) is 11.2 Å². The molecule has 1 saturated heterocycles. The van der Waals surface area contributed by atoms with Crippen LogP contribution in [0.4, 0.5) is 0 Å². The van der Waals surface area contributed by atoms with Crippen molar-refractivity contribution in [1.82, 2.24) is 10.3 Å². The van der Waals surface area contributed by atoms with E-state index < -0.39 is 0 Å². The molecule has 0 aliphatic carbocycles. The maximum Gasteiger partial charge on any atom is 0.279 e. The van der Waals surface area contributed by atoms with Crippen molar-refractivity contribution in [2.75, 3.05) is 13.2 Å². The second-order valence-corrected chi connectivity index (χ2v) is 6.62. The lowest BCUT2D eigenvalue weighted by molar-refractivity contribution is 0.277. The van der Waals surface area contributed by atoms with E-state index >= 15 is 0 Å². The number of fused-ring (bicyclic) bond motifs is 1. The van der Waals surface area contributed by atoms with Crippen molar-refractivity contribution in [2.45, 2.75) is 18.9 Å². The minimum absolute atomic E-state index is 0. The van der Waals surface area contributed by atoms with Gasteiger partial charge in [-0.25, -0.2) is 4.98 Å². The average molecular weight is 363 g/mol. The van der Waals surface area contributed by atoms with E-state index in [1.165, 1.54) is 12.8 Å². The maximum atomic E-state index is 5.84. The highest BCUT2D eigenvalue weighted by molar-refractivity contribution is 7.20. The van der Waals surface area contributed by atoms with Crippen LogP contribution in [-0.4, -0.2) is 24.2 Å². The van der Waals surface area contributed by atoms with Gasteiger partial charge in [-0.2, -0.15) is 0 Å². The number of thiazole rings is 1. The zero-order valence-electron chi connectivity index (χ0n) is 13.1. The molecule has 3 aromatic rings. The maximum absolute atomic E-state index is 5.84. The fourth-order valence-electron chi connectivity index (χ4n) is 2.70. The number of hydrogen-bond acceptors (Lipinski definition) is 5. The second kappa shape index (κ2) is 7.83. The zero-order valence-corrected chi connectivity index (χ0v) is 14.7. The van der Waals surface area contributed by atoms with E-state index in [0.717, 1.165) is 34.9 Å². The first-order valence-corrected chi connectivity index (χ1v) is 8.68. The predicted molar refractivity (Wildman–Crippen MR) is 99.9 cm³/mol. The first-order chi connectivity index (χ1) is 11.4. The highest BCUT2D eigenvalue weighted by Crippen LogP contribution is 2.31. The Morgan fingerprint density at radius 2 is 1.88 bits per heavy atom. The molecule has 0 spiro atoms. The summed E-state index contributed by atoms with van der Waals surface area (Å²) in [7, 11) is 0. The van der Waals surface area contributed by atoms with E-state index in [4.69, 9.17) is 9.47 Å². The second-order valence-electron chi connectivity index (χ2n) is 5.63. The van der Waals surface area contributed by atoms with Gasteiger partial charge in [0.1, 0.15) is 18.1 Å². The molecule has 24 heavy (non-hydrogen) atoms. The van der Waals surface area contributed by atoms with Crippen LogP contribution in [0.2, 0.25) is 0 Å². The highest BCUT2D eigenvalue weighted by Gasteiger charge is 2.14. The Bertz CT molecular complexity index is 752. The Balaban J connectivity index is 0.00000169. The number of aromatic nitrogens is 1. The van der Waals surface area contributed by atoms with Gasteiger partial charge in [-0.05, 0) is 55.8 Å². The highest BCUT2D eigenvalue weighted by atomic mass is 35.5. The van der Waals surface area contributed by atoms with Crippen molar-refractivity contribution in [3.63, 3.8) is 0 Å². The van der Waals surface area contributed by atoms with E-state index in [1.54, 1.807) is 11.3 Å². The van der Waals surface area contributed by atoms with Gasteiger partial charge in [0.15, 0.2) is 0 Å². The third-order valence-corrected chi connectivity index (χ3v) is 4.83. The molecule has 1 aliphatic rings. The van der Waals surface area contributed by atoms with Crippen LogP contribution >= 0.6 is 23.7 Å². The standard InChI is InChI=1S/C18H18N2O2S.ClH/c1-2-6-17-16(5-1)20-18(23-17)22-15-9-7-14(8-10-15)21-12-13-4-3-11-19-13;/h1-2,5-10,13,19H,3-4,11-12H2;1H. The summed E-state index contributed by atoms with van der Waals surface area (Å²) in [4.78, 5) is 4.48. The van der Waals surface area contributed by atoms with Crippen molar-refractivity contribution in [3.05, 3.63) is 48.5 Å². The van der Waals surface area contributed by atoms with Gasteiger partial charge < -0.3 is 14.8 Å². The number of ether oxygens (including phenoxy) is 2. The van der Waals surface area contributed by atoms with Gasteiger partial charge in [0.25, 0.3) is 5.19 Å². The number of rotatable bonds is 5. The molecule has 6 heteroatoms. The van der Waals surface area contributed by atoms with Gasteiger partial charge >= 0.3 is 0 Å². The summed E-state index contributed by atoms with van der Waals surface area (Å²) >= 11 is 1.55. The van der Waals surface area contributed by atoms with Crippen molar-refractivity contribution in [2.24, 2.45) is 0 Å². The number of hydrogen-bond donors (Lipinski definition) is 1. The minimum Gasteiger partial charge on any atom is -0.492 e. The molecule has 0 bridgehead atoms. The van der Waals surface area contributed by atoms with Crippen LogP contribution in [0.5, 0.6) is 16.7 Å². The molecular formula is C18H19ClN2O2S. The van der Waals surface area contributed by atoms with Crippen molar-refractivity contribution < 1.29 is 9.47 Å². The third-order valence-electron chi connectivity index (χ3n) is 3.92. The van der Waals surface area contributed by atoms with E-state index in [2.05, 4.69) is 10.3 Å². The van der Waals surface area contributed by atoms with E-state index in [-0.39, 0.29) is 12.4 Å². The summed E-state index contributed by atoms with van der Waals surface area (Å²) in [5.74, 6) is 1.64. The van der Waals surface area contributed by atoms with Crippen molar-refractivity contribution in [1.29, 1.82) is 0 Å². The Labute approximate surface area is 151 Å². The largest absolute Gasteiger partial charge is 0.492 e. The number of benzene rings is 2. The van der Waals surface area contributed by atoms with Crippen molar-refractivity contribution >= 4 is 34.0 Å².